The van der Waals surface area contributed by atoms with Gasteiger partial charge in [0, 0.05) is 36.8 Å². The zero-order valence-corrected chi connectivity index (χ0v) is 30.2. The Labute approximate surface area is 283 Å². The van der Waals surface area contributed by atoms with Gasteiger partial charge in [-0.15, -0.1) is 0 Å². The van der Waals surface area contributed by atoms with Crippen LogP contribution in [0.5, 0.6) is 0 Å². The summed E-state index contributed by atoms with van der Waals surface area (Å²) in [5.74, 6) is -4.53. The van der Waals surface area contributed by atoms with Gasteiger partial charge in [0.15, 0.2) is 18.0 Å². The summed E-state index contributed by atoms with van der Waals surface area (Å²) < 4.78 is 42.0. The molecule has 14 nitrogen and oxygen atoms in total. The standard InChI is InChI=1S/C34H56N2O12/c1-16-15-33(7,43-11)28(47-31-26(44-13-12-23(37)42-10)22(36(8)9)14-17(2)45-31)19(4)25(39)20(5)30(40)46-29-21(6)34(29)27(18(3)24(16)38)35-32(41)48-34/h16-22,25-29,31,39H,12-15H2,1-11H3,(H,35,41)/t16-,17-,18+,19+,20-,21?,22+,25+,26-,27-,28-,29-,31+,33+,34+/m1/s1. The van der Waals surface area contributed by atoms with E-state index < -0.39 is 89.7 Å². The number of hydrogen-bond donors (Lipinski definition) is 2. The highest BCUT2D eigenvalue weighted by Gasteiger charge is 2.77. The predicted molar refractivity (Wildman–Crippen MR) is 171 cm³/mol. The lowest BCUT2D eigenvalue weighted by molar-refractivity contribution is -0.308. The monoisotopic (exact) mass is 684 g/mol. The number of Topliss-reactive ketones (excluding diaryl/α,β-unsaturated/α-hetero) is 1. The molecule has 1 saturated carbocycles. The Morgan fingerprint density at radius 2 is 1.73 bits per heavy atom. The molecule has 3 aliphatic heterocycles. The van der Waals surface area contributed by atoms with Gasteiger partial charge in [0.05, 0.1) is 56.0 Å². The van der Waals surface area contributed by atoms with Crippen molar-refractivity contribution in [3.05, 3.63) is 0 Å². The molecule has 1 spiro atoms. The van der Waals surface area contributed by atoms with Crippen molar-refractivity contribution in [2.24, 2.45) is 29.6 Å². The number of aliphatic hydroxyl groups is 1. The van der Waals surface area contributed by atoms with Gasteiger partial charge in [0.25, 0.3) is 0 Å². The topological polar surface area (TPSA) is 168 Å². The fourth-order valence-corrected chi connectivity index (χ4v) is 8.15. The first-order valence-corrected chi connectivity index (χ1v) is 17.1. The normalized spacial score (nSPS) is 45.3. The Balaban J connectivity index is 1.72. The zero-order valence-electron chi connectivity index (χ0n) is 30.2. The van der Waals surface area contributed by atoms with Crippen LogP contribution in [0.25, 0.3) is 0 Å². The molecule has 1 aliphatic carbocycles. The van der Waals surface area contributed by atoms with Crippen LogP contribution in [-0.4, -0.2) is 129 Å². The van der Waals surface area contributed by atoms with Crippen molar-refractivity contribution < 1.29 is 57.4 Å². The number of carbonyl (C=O) groups is 4. The molecule has 15 atom stereocenters. The average Bonchev–Trinajstić information content (AvgIpc) is 3.39. The molecule has 0 aromatic heterocycles. The van der Waals surface area contributed by atoms with Crippen molar-refractivity contribution in [2.45, 2.75) is 128 Å². The van der Waals surface area contributed by atoms with Gasteiger partial charge in [-0.1, -0.05) is 27.7 Å². The van der Waals surface area contributed by atoms with Gasteiger partial charge in [0.1, 0.15) is 11.9 Å². The molecule has 0 aromatic rings. The minimum Gasteiger partial charge on any atom is -0.469 e. The maximum atomic E-state index is 14.1. The number of amides is 1. The molecule has 3 saturated heterocycles. The van der Waals surface area contributed by atoms with E-state index in [1.54, 1.807) is 27.7 Å². The number of carbonyl (C=O) groups excluding carboxylic acids is 4. The second-order valence-electron chi connectivity index (χ2n) is 14.8. The second-order valence-corrected chi connectivity index (χ2v) is 14.8. The van der Waals surface area contributed by atoms with E-state index in [1.165, 1.54) is 14.2 Å². The van der Waals surface area contributed by atoms with Gasteiger partial charge in [-0.2, -0.15) is 0 Å². The first-order chi connectivity index (χ1) is 22.4. The molecule has 14 heteroatoms. The Morgan fingerprint density at radius 3 is 2.33 bits per heavy atom. The maximum absolute atomic E-state index is 14.1. The molecule has 274 valence electrons. The first-order valence-electron chi connectivity index (χ1n) is 17.1. The molecule has 0 radical (unpaired) electrons. The molecule has 0 aromatic carbocycles. The van der Waals surface area contributed by atoms with Gasteiger partial charge in [-0.3, -0.25) is 14.4 Å². The van der Waals surface area contributed by atoms with E-state index >= 15 is 0 Å². The number of esters is 2. The minimum atomic E-state index is -1.26. The fourth-order valence-electron chi connectivity index (χ4n) is 8.15. The van der Waals surface area contributed by atoms with Crippen LogP contribution in [0, 0.1) is 29.6 Å². The summed E-state index contributed by atoms with van der Waals surface area (Å²) >= 11 is 0. The first kappa shape index (κ1) is 38.4. The SMILES string of the molecule is COC(=O)CCO[C@H]1[C@H](O[C@@H]2[C@@H](C)[C@H](O)[C@@H](C)C(=O)O[C@@H]3C(C)[C@@]34OC(=O)N[C@@H]4[C@@H](C)C(=O)[C@H](C)C[C@]2(C)OC)O[C@H](C)C[C@@H]1N(C)C. The Bertz CT molecular complexity index is 1200. The summed E-state index contributed by atoms with van der Waals surface area (Å²) in [5, 5.41) is 14.6. The van der Waals surface area contributed by atoms with Crippen molar-refractivity contribution >= 4 is 23.8 Å². The van der Waals surface area contributed by atoms with Crippen LogP contribution in [-0.2, 0) is 47.5 Å². The Hall–Kier alpha value is -2.36. The van der Waals surface area contributed by atoms with Crippen LogP contribution in [0.3, 0.4) is 0 Å². The highest BCUT2D eigenvalue weighted by Crippen LogP contribution is 2.56. The number of likely N-dealkylation sites (N-methyl/N-ethyl adjacent to an activating group) is 1. The van der Waals surface area contributed by atoms with Crippen molar-refractivity contribution in [1.82, 2.24) is 10.2 Å². The van der Waals surface area contributed by atoms with Crippen molar-refractivity contribution in [2.75, 3.05) is 34.9 Å². The Kier molecular flexibility index (Phi) is 11.9. The van der Waals surface area contributed by atoms with Crippen LogP contribution in [0.1, 0.15) is 67.7 Å². The number of rotatable bonds is 8. The molecular weight excluding hydrogens is 628 g/mol. The zero-order chi connectivity index (χ0) is 35.9. The van der Waals surface area contributed by atoms with Crippen LogP contribution < -0.4 is 5.32 Å². The van der Waals surface area contributed by atoms with E-state index in [-0.39, 0.29) is 43.3 Å². The van der Waals surface area contributed by atoms with E-state index in [2.05, 4.69) is 5.32 Å². The largest absolute Gasteiger partial charge is 0.469 e. The van der Waals surface area contributed by atoms with Crippen LogP contribution >= 0.6 is 0 Å². The van der Waals surface area contributed by atoms with E-state index in [0.29, 0.717) is 6.42 Å². The summed E-state index contributed by atoms with van der Waals surface area (Å²) in [6.07, 6.45) is -4.59. The molecule has 3 heterocycles. The molecular formula is C34H56N2O12. The van der Waals surface area contributed by atoms with Crippen LogP contribution in [0.4, 0.5) is 4.79 Å². The number of aliphatic hydroxyl groups excluding tert-OH is 1. The third-order valence-corrected chi connectivity index (χ3v) is 11.3. The second kappa shape index (κ2) is 14.9. The molecule has 1 amide bonds. The summed E-state index contributed by atoms with van der Waals surface area (Å²) in [6.45, 7) is 12.5. The smallest absolute Gasteiger partial charge is 0.408 e. The number of alkyl carbamates (subject to hydrolysis) is 1. The lowest BCUT2D eigenvalue weighted by atomic mass is 9.75. The maximum Gasteiger partial charge on any atom is 0.408 e. The van der Waals surface area contributed by atoms with E-state index in [9.17, 15) is 24.3 Å². The van der Waals surface area contributed by atoms with Crippen molar-refractivity contribution in [1.29, 1.82) is 0 Å². The number of nitrogens with one attached hydrogen (secondary N) is 1. The number of ketones is 1. The summed E-state index contributed by atoms with van der Waals surface area (Å²) in [5.41, 5.74) is -2.35. The van der Waals surface area contributed by atoms with Crippen molar-refractivity contribution in [3.8, 4) is 0 Å². The molecule has 4 aliphatic rings. The number of hydrogen-bond acceptors (Lipinski definition) is 13. The average molecular weight is 685 g/mol. The molecule has 4 fully saturated rings. The van der Waals surface area contributed by atoms with E-state index in [4.69, 9.17) is 33.2 Å². The lowest BCUT2D eigenvalue weighted by Gasteiger charge is -2.48. The molecule has 48 heavy (non-hydrogen) atoms. The molecule has 4 rings (SSSR count). The number of methoxy groups -OCH3 is 2. The van der Waals surface area contributed by atoms with E-state index in [0.717, 1.165) is 0 Å². The van der Waals surface area contributed by atoms with Crippen LogP contribution in [0.2, 0.25) is 0 Å². The molecule has 1 unspecified atom stereocenters. The van der Waals surface area contributed by atoms with Gasteiger partial charge >= 0.3 is 18.0 Å². The predicted octanol–water partition coefficient (Wildman–Crippen LogP) is 2.08. The molecule has 0 bridgehead atoms. The molecule has 2 N–H and O–H groups in total. The lowest BCUT2D eigenvalue weighted by Crippen LogP contribution is -2.60. The van der Waals surface area contributed by atoms with Gasteiger partial charge in [-0.05, 0) is 47.7 Å². The fraction of sp³-hybridized carbons (Fsp3) is 0.882. The third kappa shape index (κ3) is 7.25. The summed E-state index contributed by atoms with van der Waals surface area (Å²) in [6, 6.07) is -0.859. The Morgan fingerprint density at radius 1 is 1.06 bits per heavy atom. The number of ether oxygens (including phenoxy) is 7. The summed E-state index contributed by atoms with van der Waals surface area (Å²) in [4.78, 5) is 54.0. The third-order valence-electron chi connectivity index (χ3n) is 11.3. The summed E-state index contributed by atoms with van der Waals surface area (Å²) in [7, 11) is 6.69. The van der Waals surface area contributed by atoms with Crippen LogP contribution in [0.15, 0.2) is 0 Å². The minimum absolute atomic E-state index is 0.0363. The highest BCUT2D eigenvalue weighted by molar-refractivity contribution is 5.86. The van der Waals surface area contributed by atoms with Crippen molar-refractivity contribution in [3.63, 3.8) is 0 Å². The van der Waals surface area contributed by atoms with Gasteiger partial charge in [0.2, 0.25) is 0 Å². The van der Waals surface area contributed by atoms with Gasteiger partial charge < -0.3 is 48.5 Å². The van der Waals surface area contributed by atoms with Gasteiger partial charge in [-0.25, -0.2) is 4.79 Å². The van der Waals surface area contributed by atoms with E-state index in [1.807, 2.05) is 39.8 Å². The highest BCUT2D eigenvalue weighted by atomic mass is 16.7. The quantitative estimate of drug-likeness (QED) is 0.282. The number of nitrogens with zero attached hydrogens (tertiary/aromatic N) is 1.